The first-order valence-electron chi connectivity index (χ1n) is 11.0. The van der Waals surface area contributed by atoms with E-state index in [0.717, 1.165) is 11.1 Å². The number of carbonyl (C=O) groups is 2. The lowest BCUT2D eigenvalue weighted by atomic mass is 10.0. The molecule has 0 spiro atoms. The molecule has 1 fully saturated rings. The van der Waals surface area contributed by atoms with Crippen molar-refractivity contribution in [1.29, 1.82) is 0 Å². The third-order valence-electron chi connectivity index (χ3n) is 6.10. The molecule has 1 N–H and O–H groups in total. The van der Waals surface area contributed by atoms with Crippen LogP contribution >= 0.6 is 12.2 Å². The number of amides is 2. The van der Waals surface area contributed by atoms with Crippen LogP contribution in [-0.4, -0.2) is 33.5 Å². The molecule has 1 aliphatic rings. The Morgan fingerprint density at radius 3 is 2.42 bits per heavy atom. The summed E-state index contributed by atoms with van der Waals surface area (Å²) in [5.41, 5.74) is 4.38. The summed E-state index contributed by atoms with van der Waals surface area (Å²) in [6.45, 7) is 7.33. The molecule has 0 radical (unpaired) electrons. The standard InChI is InChI=1S/C26H24N4O5S/c1-14-6-7-15(2)22(10-14)29-25(32)20(24(31)27-26(29)36)12-18-11-16(3)28(17(18)4)21-9-8-19(35-5)13-23(21)30(33)34/h6-13H,1-5H3,(H,27,31,36)/b20-12+. The molecule has 1 saturated heterocycles. The number of nitro groups is 1. The van der Waals surface area contributed by atoms with Crippen molar-refractivity contribution < 1.29 is 19.2 Å². The van der Waals surface area contributed by atoms with E-state index in [1.165, 1.54) is 24.2 Å². The highest BCUT2D eigenvalue weighted by Crippen LogP contribution is 2.33. The normalized spacial score (nSPS) is 14.9. The van der Waals surface area contributed by atoms with E-state index in [2.05, 4.69) is 5.32 Å². The summed E-state index contributed by atoms with van der Waals surface area (Å²) in [5, 5.41) is 14.4. The maximum absolute atomic E-state index is 13.5. The second kappa shape index (κ2) is 9.38. The van der Waals surface area contributed by atoms with Crippen molar-refractivity contribution in [2.45, 2.75) is 27.7 Å². The van der Waals surface area contributed by atoms with E-state index in [1.54, 1.807) is 36.6 Å². The molecule has 9 nitrogen and oxygen atoms in total. The molecule has 3 aromatic rings. The van der Waals surface area contributed by atoms with E-state index >= 15 is 0 Å². The number of aromatic nitrogens is 1. The molecule has 2 amide bonds. The predicted molar refractivity (Wildman–Crippen MR) is 141 cm³/mol. The van der Waals surface area contributed by atoms with Gasteiger partial charge in [-0.15, -0.1) is 0 Å². The topological polar surface area (TPSA) is 107 Å². The fourth-order valence-electron chi connectivity index (χ4n) is 4.26. The Balaban J connectivity index is 1.82. The molecule has 1 aromatic heterocycles. The molecule has 0 bridgehead atoms. The van der Waals surface area contributed by atoms with Gasteiger partial charge in [0.2, 0.25) is 0 Å². The average Bonchev–Trinajstić information content (AvgIpc) is 3.10. The molecule has 2 heterocycles. The minimum Gasteiger partial charge on any atom is -0.496 e. The zero-order valence-electron chi connectivity index (χ0n) is 20.4. The van der Waals surface area contributed by atoms with Gasteiger partial charge in [0.05, 0.1) is 23.8 Å². The summed E-state index contributed by atoms with van der Waals surface area (Å²) >= 11 is 5.33. The minimum absolute atomic E-state index is 0.00943. The van der Waals surface area contributed by atoms with E-state index in [0.29, 0.717) is 34.1 Å². The number of thiocarbonyl (C=S) groups is 1. The highest BCUT2D eigenvalue weighted by atomic mass is 32.1. The number of methoxy groups -OCH3 is 1. The lowest BCUT2D eigenvalue weighted by molar-refractivity contribution is -0.384. The first kappa shape index (κ1) is 24.8. The molecule has 184 valence electrons. The quantitative estimate of drug-likeness (QED) is 0.181. The fourth-order valence-corrected chi connectivity index (χ4v) is 4.54. The van der Waals surface area contributed by atoms with E-state index < -0.39 is 16.7 Å². The lowest BCUT2D eigenvalue weighted by Crippen LogP contribution is -2.54. The van der Waals surface area contributed by atoms with E-state index in [1.807, 2.05) is 32.0 Å². The van der Waals surface area contributed by atoms with Gasteiger partial charge in [0.1, 0.15) is 17.0 Å². The number of carbonyl (C=O) groups excluding carboxylic acids is 2. The smallest absolute Gasteiger partial charge is 0.296 e. The van der Waals surface area contributed by atoms with Crippen molar-refractivity contribution in [2.75, 3.05) is 12.0 Å². The zero-order valence-corrected chi connectivity index (χ0v) is 21.2. The summed E-state index contributed by atoms with van der Waals surface area (Å²) in [7, 11) is 1.44. The largest absolute Gasteiger partial charge is 0.496 e. The van der Waals surface area contributed by atoms with Crippen LogP contribution in [0, 0.1) is 37.8 Å². The zero-order chi connectivity index (χ0) is 26.3. The van der Waals surface area contributed by atoms with Gasteiger partial charge >= 0.3 is 0 Å². The van der Waals surface area contributed by atoms with E-state index in [-0.39, 0.29) is 16.4 Å². The van der Waals surface area contributed by atoms with Gasteiger partial charge in [0.25, 0.3) is 17.5 Å². The Morgan fingerprint density at radius 2 is 1.75 bits per heavy atom. The van der Waals surface area contributed by atoms with Crippen molar-refractivity contribution in [3.63, 3.8) is 0 Å². The van der Waals surface area contributed by atoms with Crippen molar-refractivity contribution in [3.05, 3.63) is 86.2 Å². The van der Waals surface area contributed by atoms with E-state index in [9.17, 15) is 19.7 Å². The van der Waals surface area contributed by atoms with Gasteiger partial charge in [-0.25, -0.2) is 0 Å². The Hall–Kier alpha value is -4.31. The van der Waals surface area contributed by atoms with Crippen LogP contribution in [0.1, 0.15) is 28.1 Å². The van der Waals surface area contributed by atoms with Gasteiger partial charge < -0.3 is 9.30 Å². The number of hydrogen-bond donors (Lipinski definition) is 1. The number of anilines is 1. The van der Waals surface area contributed by atoms with Crippen LogP contribution in [0.2, 0.25) is 0 Å². The van der Waals surface area contributed by atoms with Crippen molar-refractivity contribution in [2.24, 2.45) is 0 Å². The number of rotatable bonds is 5. The van der Waals surface area contributed by atoms with Gasteiger partial charge in [-0.2, -0.15) is 0 Å². The van der Waals surface area contributed by atoms with E-state index in [4.69, 9.17) is 17.0 Å². The Labute approximate surface area is 213 Å². The Bertz CT molecular complexity index is 1490. The maximum atomic E-state index is 13.5. The summed E-state index contributed by atoms with van der Waals surface area (Å²) in [6.07, 6.45) is 1.49. The number of nitrogens with zero attached hydrogens (tertiary/aromatic N) is 3. The summed E-state index contributed by atoms with van der Waals surface area (Å²) in [5.74, 6) is -0.785. The molecule has 0 aliphatic carbocycles. The van der Waals surface area contributed by atoms with Crippen LogP contribution in [-0.2, 0) is 9.59 Å². The van der Waals surface area contributed by atoms with Gasteiger partial charge in [0.15, 0.2) is 5.11 Å². The second-order valence-electron chi connectivity index (χ2n) is 8.52. The molecule has 0 atom stereocenters. The lowest BCUT2D eigenvalue weighted by Gasteiger charge is -2.30. The van der Waals surface area contributed by atoms with Gasteiger partial charge in [0, 0.05) is 11.4 Å². The SMILES string of the molecule is COc1ccc(-n2c(C)cc(/C=C3\C(=O)NC(=S)N(c4cc(C)ccc4C)C3=O)c2C)c([N+](=O)[O-])c1. The van der Waals surface area contributed by atoms with Crippen LogP contribution in [0.25, 0.3) is 11.8 Å². The number of aryl methyl sites for hydroxylation is 3. The van der Waals surface area contributed by atoms with Crippen LogP contribution in [0.4, 0.5) is 11.4 Å². The number of ether oxygens (including phenoxy) is 1. The first-order chi connectivity index (χ1) is 17.0. The summed E-state index contributed by atoms with van der Waals surface area (Å²) < 4.78 is 6.85. The molecule has 2 aromatic carbocycles. The molecule has 1 aliphatic heterocycles. The predicted octanol–water partition coefficient (Wildman–Crippen LogP) is 4.46. The van der Waals surface area contributed by atoms with Crippen molar-refractivity contribution in [1.82, 2.24) is 9.88 Å². The molecule has 0 unspecified atom stereocenters. The number of nitrogens with one attached hydrogen (secondary N) is 1. The number of benzene rings is 2. The summed E-state index contributed by atoms with van der Waals surface area (Å²) in [4.78, 5) is 38.9. The average molecular weight is 505 g/mol. The second-order valence-corrected chi connectivity index (χ2v) is 8.91. The fraction of sp³-hybridized carbons (Fsp3) is 0.192. The number of nitro benzene ring substituents is 1. The van der Waals surface area contributed by atoms with Gasteiger partial charge in [-0.3, -0.25) is 29.9 Å². The Morgan fingerprint density at radius 1 is 1.03 bits per heavy atom. The van der Waals surface area contributed by atoms with Crippen LogP contribution in [0.3, 0.4) is 0 Å². The molecular formula is C26H24N4O5S. The first-order valence-corrected chi connectivity index (χ1v) is 11.4. The molecule has 10 heteroatoms. The third kappa shape index (κ3) is 4.27. The van der Waals surface area contributed by atoms with Crippen molar-refractivity contribution in [3.8, 4) is 11.4 Å². The van der Waals surface area contributed by atoms with Crippen LogP contribution in [0.5, 0.6) is 5.75 Å². The van der Waals surface area contributed by atoms with Crippen molar-refractivity contribution >= 4 is 46.6 Å². The molecule has 0 saturated carbocycles. The van der Waals surface area contributed by atoms with Crippen LogP contribution in [0.15, 0.2) is 48.0 Å². The monoisotopic (exact) mass is 504 g/mol. The molecular weight excluding hydrogens is 480 g/mol. The van der Waals surface area contributed by atoms with Gasteiger partial charge in [-0.05, 0) is 86.9 Å². The third-order valence-corrected chi connectivity index (χ3v) is 6.38. The maximum Gasteiger partial charge on any atom is 0.296 e. The van der Waals surface area contributed by atoms with Gasteiger partial charge in [-0.1, -0.05) is 12.1 Å². The highest BCUT2D eigenvalue weighted by molar-refractivity contribution is 7.80. The highest BCUT2D eigenvalue weighted by Gasteiger charge is 2.35. The number of hydrogen-bond acceptors (Lipinski definition) is 6. The Kier molecular flexibility index (Phi) is 6.47. The van der Waals surface area contributed by atoms with Crippen LogP contribution < -0.4 is 15.0 Å². The summed E-state index contributed by atoms with van der Waals surface area (Å²) in [6, 6.07) is 12.0. The molecule has 36 heavy (non-hydrogen) atoms. The molecule has 4 rings (SSSR count). The minimum atomic E-state index is -0.605.